The lowest BCUT2D eigenvalue weighted by Gasteiger charge is -2.02. The molecule has 0 spiro atoms. The largest absolute Gasteiger partial charge is 0.250 e. The molecule has 0 fully saturated rings. The molecule has 1 aromatic rings. The Morgan fingerprint density at radius 2 is 2.29 bits per heavy atom. The SMILES string of the molecule is CSCCNS(=O)(=O)c1ccc(Br)s1. The zero-order valence-electron chi connectivity index (χ0n) is 7.49. The van der Waals surface area contributed by atoms with E-state index in [0.29, 0.717) is 10.8 Å². The topological polar surface area (TPSA) is 46.2 Å². The summed E-state index contributed by atoms with van der Waals surface area (Å²) in [6.45, 7) is 0.471. The van der Waals surface area contributed by atoms with Gasteiger partial charge < -0.3 is 0 Å². The van der Waals surface area contributed by atoms with Crippen LogP contribution in [0.4, 0.5) is 0 Å². The summed E-state index contributed by atoms with van der Waals surface area (Å²) in [5.41, 5.74) is 0. The normalized spacial score (nSPS) is 11.9. The van der Waals surface area contributed by atoms with Gasteiger partial charge in [0.25, 0.3) is 0 Å². The fraction of sp³-hybridized carbons (Fsp3) is 0.429. The van der Waals surface area contributed by atoms with Crippen molar-refractivity contribution in [3.8, 4) is 0 Å². The van der Waals surface area contributed by atoms with E-state index in [-0.39, 0.29) is 0 Å². The number of thiophene rings is 1. The lowest BCUT2D eigenvalue weighted by molar-refractivity contribution is 0.586. The van der Waals surface area contributed by atoms with Gasteiger partial charge in [-0.15, -0.1) is 11.3 Å². The molecule has 0 radical (unpaired) electrons. The summed E-state index contributed by atoms with van der Waals surface area (Å²) in [4.78, 5) is 0. The van der Waals surface area contributed by atoms with Crippen LogP contribution in [-0.2, 0) is 10.0 Å². The third kappa shape index (κ3) is 3.54. The van der Waals surface area contributed by atoms with E-state index in [4.69, 9.17) is 0 Å². The van der Waals surface area contributed by atoms with Crippen molar-refractivity contribution in [3.05, 3.63) is 15.9 Å². The van der Waals surface area contributed by atoms with E-state index < -0.39 is 10.0 Å². The van der Waals surface area contributed by atoms with Crippen molar-refractivity contribution in [1.82, 2.24) is 4.72 Å². The standard InChI is InChI=1S/C7H10BrNO2S3/c1-12-5-4-9-14(10,11)7-3-2-6(8)13-7/h2-3,9H,4-5H2,1H3. The molecule has 1 rings (SSSR count). The van der Waals surface area contributed by atoms with Gasteiger partial charge in [0, 0.05) is 12.3 Å². The average Bonchev–Trinajstić information content (AvgIpc) is 2.53. The zero-order valence-corrected chi connectivity index (χ0v) is 11.5. The van der Waals surface area contributed by atoms with Crippen molar-refractivity contribution >= 4 is 49.1 Å². The highest BCUT2D eigenvalue weighted by Gasteiger charge is 2.15. The molecule has 0 saturated heterocycles. The van der Waals surface area contributed by atoms with Crippen molar-refractivity contribution in [2.24, 2.45) is 0 Å². The minimum Gasteiger partial charge on any atom is -0.210 e. The van der Waals surface area contributed by atoms with Gasteiger partial charge >= 0.3 is 0 Å². The molecule has 0 aromatic carbocycles. The fourth-order valence-corrected chi connectivity index (χ4v) is 4.31. The van der Waals surface area contributed by atoms with Crippen LogP contribution in [0.1, 0.15) is 0 Å². The second kappa shape index (κ2) is 5.50. The monoisotopic (exact) mass is 315 g/mol. The third-order valence-corrected chi connectivity index (χ3v) is 5.60. The molecule has 0 bridgehead atoms. The van der Waals surface area contributed by atoms with E-state index in [1.54, 1.807) is 23.9 Å². The number of nitrogens with one attached hydrogen (secondary N) is 1. The van der Waals surface area contributed by atoms with Crippen LogP contribution in [0.25, 0.3) is 0 Å². The van der Waals surface area contributed by atoms with Gasteiger partial charge in [0.1, 0.15) is 4.21 Å². The minimum atomic E-state index is -3.29. The summed E-state index contributed by atoms with van der Waals surface area (Å²) in [5.74, 6) is 0.784. The summed E-state index contributed by atoms with van der Waals surface area (Å²) in [6.07, 6.45) is 1.94. The quantitative estimate of drug-likeness (QED) is 0.847. The highest BCUT2D eigenvalue weighted by atomic mass is 79.9. The van der Waals surface area contributed by atoms with Crippen LogP contribution in [0, 0.1) is 0 Å². The smallest absolute Gasteiger partial charge is 0.210 e. The number of halogens is 1. The van der Waals surface area contributed by atoms with Crippen molar-refractivity contribution in [1.29, 1.82) is 0 Å². The molecule has 0 aliphatic heterocycles. The summed E-state index contributed by atoms with van der Waals surface area (Å²) in [7, 11) is -3.29. The Morgan fingerprint density at radius 1 is 1.57 bits per heavy atom. The first-order chi connectivity index (χ1) is 6.56. The van der Waals surface area contributed by atoms with E-state index in [2.05, 4.69) is 20.7 Å². The number of rotatable bonds is 5. The van der Waals surface area contributed by atoms with Crippen LogP contribution in [0.3, 0.4) is 0 Å². The Bertz CT molecular complexity index is 387. The first-order valence-electron chi connectivity index (χ1n) is 3.80. The van der Waals surface area contributed by atoms with Crippen molar-refractivity contribution in [3.63, 3.8) is 0 Å². The molecule has 0 amide bonds. The van der Waals surface area contributed by atoms with Gasteiger partial charge in [-0.1, -0.05) is 0 Å². The van der Waals surface area contributed by atoms with E-state index in [1.807, 2.05) is 6.26 Å². The molecule has 14 heavy (non-hydrogen) atoms. The van der Waals surface area contributed by atoms with Gasteiger partial charge in [-0.2, -0.15) is 11.8 Å². The number of hydrogen-bond acceptors (Lipinski definition) is 4. The molecule has 80 valence electrons. The molecule has 0 atom stereocenters. The number of thioether (sulfide) groups is 1. The van der Waals surface area contributed by atoms with Gasteiger partial charge in [0.05, 0.1) is 3.79 Å². The molecule has 0 saturated carbocycles. The molecular weight excluding hydrogens is 306 g/mol. The van der Waals surface area contributed by atoms with E-state index in [0.717, 1.165) is 9.54 Å². The second-order valence-corrected chi connectivity index (χ2v) is 7.89. The molecule has 1 aromatic heterocycles. The van der Waals surface area contributed by atoms with Crippen LogP contribution in [0.2, 0.25) is 0 Å². The molecule has 1 heterocycles. The Balaban J connectivity index is 2.66. The third-order valence-electron chi connectivity index (χ3n) is 1.41. The highest BCUT2D eigenvalue weighted by molar-refractivity contribution is 9.11. The maximum atomic E-state index is 11.6. The molecule has 1 N–H and O–H groups in total. The molecule has 3 nitrogen and oxygen atoms in total. The maximum Gasteiger partial charge on any atom is 0.250 e. The summed E-state index contributed by atoms with van der Waals surface area (Å²) in [6, 6.07) is 3.32. The van der Waals surface area contributed by atoms with Crippen LogP contribution < -0.4 is 4.72 Å². The number of hydrogen-bond donors (Lipinski definition) is 1. The Kier molecular flexibility index (Phi) is 4.92. The van der Waals surface area contributed by atoms with Crippen LogP contribution in [0.5, 0.6) is 0 Å². The Labute approximate surface area is 100 Å². The van der Waals surface area contributed by atoms with Crippen LogP contribution in [-0.4, -0.2) is 27.0 Å². The average molecular weight is 316 g/mol. The summed E-state index contributed by atoms with van der Waals surface area (Å²) < 4.78 is 26.9. The van der Waals surface area contributed by atoms with E-state index >= 15 is 0 Å². The van der Waals surface area contributed by atoms with Gasteiger partial charge in [-0.3, -0.25) is 0 Å². The fourth-order valence-electron chi connectivity index (χ4n) is 0.791. The zero-order chi connectivity index (χ0) is 10.6. The van der Waals surface area contributed by atoms with Gasteiger partial charge in [0.2, 0.25) is 10.0 Å². The summed E-state index contributed by atoms with van der Waals surface area (Å²) in [5, 5.41) is 0. The van der Waals surface area contributed by atoms with Gasteiger partial charge in [-0.05, 0) is 34.3 Å². The molecule has 0 aliphatic rings. The van der Waals surface area contributed by atoms with Crippen LogP contribution in [0.15, 0.2) is 20.1 Å². The summed E-state index contributed by atoms with van der Waals surface area (Å²) >= 11 is 6.05. The van der Waals surface area contributed by atoms with Crippen molar-refractivity contribution < 1.29 is 8.42 Å². The van der Waals surface area contributed by atoms with E-state index in [1.165, 1.54) is 11.3 Å². The first kappa shape index (κ1) is 12.5. The molecule has 0 aliphatic carbocycles. The second-order valence-electron chi connectivity index (χ2n) is 2.45. The lowest BCUT2D eigenvalue weighted by atomic mass is 10.7. The van der Waals surface area contributed by atoms with Crippen LogP contribution >= 0.6 is 39.0 Å². The minimum absolute atomic E-state index is 0.352. The molecular formula is C7H10BrNO2S3. The van der Waals surface area contributed by atoms with Crippen molar-refractivity contribution in [2.45, 2.75) is 4.21 Å². The predicted octanol–water partition coefficient (Wildman–Crippen LogP) is 2.15. The number of sulfonamides is 1. The lowest BCUT2D eigenvalue weighted by Crippen LogP contribution is -2.25. The highest BCUT2D eigenvalue weighted by Crippen LogP contribution is 2.25. The maximum absolute atomic E-state index is 11.6. The first-order valence-corrected chi connectivity index (χ1v) is 8.29. The van der Waals surface area contributed by atoms with E-state index in [9.17, 15) is 8.42 Å². The Hall–Kier alpha value is 0.440. The van der Waals surface area contributed by atoms with Crippen molar-refractivity contribution in [2.75, 3.05) is 18.6 Å². The van der Waals surface area contributed by atoms with Gasteiger partial charge in [0.15, 0.2) is 0 Å². The molecule has 0 unspecified atom stereocenters. The predicted molar refractivity (Wildman–Crippen MR) is 65.6 cm³/mol. The molecule has 7 heteroatoms. The Morgan fingerprint density at radius 3 is 2.79 bits per heavy atom. The van der Waals surface area contributed by atoms with Gasteiger partial charge in [-0.25, -0.2) is 13.1 Å².